The summed E-state index contributed by atoms with van der Waals surface area (Å²) in [4.78, 5) is 0. The van der Waals surface area contributed by atoms with Gasteiger partial charge in [-0.05, 0) is 43.7 Å². The van der Waals surface area contributed by atoms with Crippen molar-refractivity contribution in [3.8, 4) is 5.75 Å². The van der Waals surface area contributed by atoms with Crippen LogP contribution in [0.5, 0.6) is 5.75 Å². The molecule has 0 amide bonds. The zero-order chi connectivity index (χ0) is 14.5. The lowest BCUT2D eigenvalue weighted by molar-refractivity contribution is 0.248. The minimum atomic E-state index is 0.389. The van der Waals surface area contributed by atoms with Gasteiger partial charge in [-0.1, -0.05) is 28.0 Å². The first-order valence-corrected chi connectivity index (χ1v) is 7.44. The highest BCUT2D eigenvalue weighted by molar-refractivity contribution is 9.10. The van der Waals surface area contributed by atoms with E-state index in [1.807, 2.05) is 32.0 Å². The Labute approximate surface area is 127 Å². The van der Waals surface area contributed by atoms with Gasteiger partial charge in [0.15, 0.2) is 5.76 Å². The maximum atomic E-state index is 5.75. The van der Waals surface area contributed by atoms with Crippen LogP contribution in [-0.4, -0.2) is 11.7 Å². The molecule has 1 aromatic heterocycles. The number of hydrogen-bond donors (Lipinski definition) is 1. The molecule has 1 heterocycles. The standard InChI is InChI=1S/C15H19BrN2O2/c1-4-17-8-12-7-14(20-18-12)9-19-13-5-10(2)15(16)11(3)6-13/h5-7,17H,4,8-9H2,1-3H3. The molecule has 0 fully saturated rings. The monoisotopic (exact) mass is 338 g/mol. The summed E-state index contributed by atoms with van der Waals surface area (Å²) >= 11 is 3.55. The number of ether oxygens (including phenoxy) is 1. The third-order valence-electron chi connectivity index (χ3n) is 2.95. The van der Waals surface area contributed by atoms with Gasteiger partial charge in [-0.2, -0.15) is 0 Å². The van der Waals surface area contributed by atoms with Crippen LogP contribution in [0.3, 0.4) is 0 Å². The largest absolute Gasteiger partial charge is 0.486 e. The fourth-order valence-corrected chi connectivity index (χ4v) is 2.13. The van der Waals surface area contributed by atoms with Crippen molar-refractivity contribution in [2.24, 2.45) is 0 Å². The maximum absolute atomic E-state index is 5.75. The fraction of sp³-hybridized carbons (Fsp3) is 0.400. The van der Waals surface area contributed by atoms with Crippen LogP contribution in [0.2, 0.25) is 0 Å². The quantitative estimate of drug-likeness (QED) is 0.871. The van der Waals surface area contributed by atoms with Gasteiger partial charge in [-0.25, -0.2) is 0 Å². The van der Waals surface area contributed by atoms with Crippen molar-refractivity contribution in [3.05, 3.63) is 45.3 Å². The summed E-state index contributed by atoms with van der Waals surface area (Å²) in [6, 6.07) is 5.93. The van der Waals surface area contributed by atoms with E-state index in [9.17, 15) is 0 Å². The molecule has 1 aromatic carbocycles. The number of nitrogens with one attached hydrogen (secondary N) is 1. The predicted octanol–water partition coefficient (Wildman–Crippen LogP) is 3.74. The number of aryl methyl sites for hydroxylation is 2. The molecule has 0 radical (unpaired) electrons. The lowest BCUT2D eigenvalue weighted by atomic mass is 10.1. The molecule has 0 unspecified atom stereocenters. The number of hydrogen-bond acceptors (Lipinski definition) is 4. The Bertz CT molecular complexity index is 558. The highest BCUT2D eigenvalue weighted by Gasteiger charge is 2.07. The molecular formula is C15H19BrN2O2. The van der Waals surface area contributed by atoms with Gasteiger partial charge in [0.25, 0.3) is 0 Å². The van der Waals surface area contributed by atoms with Gasteiger partial charge < -0.3 is 14.6 Å². The molecular weight excluding hydrogens is 320 g/mol. The summed E-state index contributed by atoms with van der Waals surface area (Å²) in [6.45, 7) is 8.18. The molecule has 0 aliphatic heterocycles. The molecule has 108 valence electrons. The molecule has 2 rings (SSSR count). The zero-order valence-corrected chi connectivity index (χ0v) is 13.6. The SMILES string of the molecule is CCNCc1cc(COc2cc(C)c(Br)c(C)c2)on1. The zero-order valence-electron chi connectivity index (χ0n) is 12.0. The van der Waals surface area contributed by atoms with Crippen molar-refractivity contribution < 1.29 is 9.26 Å². The topological polar surface area (TPSA) is 47.3 Å². The maximum Gasteiger partial charge on any atom is 0.174 e. The van der Waals surface area contributed by atoms with Gasteiger partial charge in [-0.3, -0.25) is 0 Å². The number of benzene rings is 1. The Morgan fingerprint density at radius 1 is 1.25 bits per heavy atom. The van der Waals surface area contributed by atoms with Gasteiger partial charge in [0, 0.05) is 17.1 Å². The predicted molar refractivity (Wildman–Crippen MR) is 81.8 cm³/mol. The van der Waals surface area contributed by atoms with Gasteiger partial charge >= 0.3 is 0 Å². The van der Waals surface area contributed by atoms with E-state index < -0.39 is 0 Å². The molecule has 0 atom stereocenters. The van der Waals surface area contributed by atoms with Gasteiger partial charge in [0.1, 0.15) is 12.4 Å². The summed E-state index contributed by atoms with van der Waals surface area (Å²) in [5.41, 5.74) is 3.21. The van der Waals surface area contributed by atoms with E-state index in [0.717, 1.165) is 45.9 Å². The van der Waals surface area contributed by atoms with E-state index in [-0.39, 0.29) is 0 Å². The minimum absolute atomic E-state index is 0.389. The Morgan fingerprint density at radius 2 is 1.95 bits per heavy atom. The van der Waals surface area contributed by atoms with Gasteiger partial charge in [-0.15, -0.1) is 0 Å². The highest BCUT2D eigenvalue weighted by Crippen LogP contribution is 2.26. The van der Waals surface area contributed by atoms with E-state index in [4.69, 9.17) is 9.26 Å². The molecule has 4 nitrogen and oxygen atoms in total. The van der Waals surface area contributed by atoms with Crippen LogP contribution >= 0.6 is 15.9 Å². The molecule has 0 spiro atoms. The molecule has 2 aromatic rings. The van der Waals surface area contributed by atoms with Crippen molar-refractivity contribution >= 4 is 15.9 Å². The lowest BCUT2D eigenvalue weighted by Crippen LogP contribution is -2.11. The second kappa shape index (κ2) is 6.90. The average Bonchev–Trinajstić information content (AvgIpc) is 2.88. The summed E-state index contributed by atoms with van der Waals surface area (Å²) in [5.74, 6) is 1.57. The number of nitrogens with zero attached hydrogens (tertiary/aromatic N) is 1. The number of halogens is 1. The molecule has 1 N–H and O–H groups in total. The van der Waals surface area contributed by atoms with E-state index in [1.165, 1.54) is 0 Å². The van der Waals surface area contributed by atoms with Gasteiger partial charge in [0.05, 0.1) is 5.69 Å². The fourth-order valence-electron chi connectivity index (χ4n) is 1.90. The van der Waals surface area contributed by atoms with E-state index >= 15 is 0 Å². The Morgan fingerprint density at radius 3 is 2.60 bits per heavy atom. The summed E-state index contributed by atoms with van der Waals surface area (Å²) in [6.07, 6.45) is 0. The van der Waals surface area contributed by atoms with Crippen molar-refractivity contribution in [1.82, 2.24) is 10.5 Å². The highest BCUT2D eigenvalue weighted by atomic mass is 79.9. The Kier molecular flexibility index (Phi) is 5.20. The van der Waals surface area contributed by atoms with Crippen molar-refractivity contribution in [1.29, 1.82) is 0 Å². The van der Waals surface area contributed by atoms with Crippen LogP contribution in [-0.2, 0) is 13.2 Å². The molecule has 0 saturated heterocycles. The average molecular weight is 339 g/mol. The van der Waals surface area contributed by atoms with Crippen molar-refractivity contribution in [2.45, 2.75) is 33.9 Å². The normalized spacial score (nSPS) is 10.8. The summed E-state index contributed by atoms with van der Waals surface area (Å²) in [7, 11) is 0. The third-order valence-corrected chi connectivity index (χ3v) is 4.21. The summed E-state index contributed by atoms with van der Waals surface area (Å²) < 4.78 is 12.1. The van der Waals surface area contributed by atoms with Crippen LogP contribution in [0.15, 0.2) is 27.2 Å². The Hall–Kier alpha value is -1.33. The molecule has 0 saturated carbocycles. The first kappa shape index (κ1) is 15.1. The van der Waals surface area contributed by atoms with Crippen LogP contribution < -0.4 is 10.1 Å². The van der Waals surface area contributed by atoms with Crippen LogP contribution in [0.4, 0.5) is 0 Å². The molecule has 0 aliphatic rings. The van der Waals surface area contributed by atoms with Crippen molar-refractivity contribution in [2.75, 3.05) is 6.54 Å². The van der Waals surface area contributed by atoms with E-state index in [2.05, 4.69) is 33.3 Å². The van der Waals surface area contributed by atoms with Crippen LogP contribution in [0.1, 0.15) is 29.5 Å². The van der Waals surface area contributed by atoms with Gasteiger partial charge in [0.2, 0.25) is 0 Å². The van der Waals surface area contributed by atoms with Crippen LogP contribution in [0, 0.1) is 13.8 Å². The molecule has 0 aliphatic carbocycles. The van der Waals surface area contributed by atoms with Crippen LogP contribution in [0.25, 0.3) is 0 Å². The molecule has 20 heavy (non-hydrogen) atoms. The number of aromatic nitrogens is 1. The second-order valence-electron chi connectivity index (χ2n) is 4.72. The molecule has 5 heteroatoms. The summed E-state index contributed by atoms with van der Waals surface area (Å²) in [5, 5.41) is 7.19. The smallest absolute Gasteiger partial charge is 0.174 e. The van der Waals surface area contributed by atoms with E-state index in [1.54, 1.807) is 0 Å². The molecule has 0 bridgehead atoms. The first-order valence-electron chi connectivity index (χ1n) is 6.65. The Balaban J connectivity index is 1.96. The first-order chi connectivity index (χ1) is 9.60. The second-order valence-corrected chi connectivity index (χ2v) is 5.52. The minimum Gasteiger partial charge on any atom is -0.486 e. The van der Waals surface area contributed by atoms with E-state index in [0.29, 0.717) is 6.61 Å². The number of rotatable bonds is 6. The third kappa shape index (κ3) is 3.84. The lowest BCUT2D eigenvalue weighted by Gasteiger charge is -2.08. The van der Waals surface area contributed by atoms with Crippen molar-refractivity contribution in [3.63, 3.8) is 0 Å².